The first-order valence-electron chi connectivity index (χ1n) is 11.8. The average Bonchev–Trinajstić information content (AvgIpc) is 3.36. The Kier molecular flexibility index (Phi) is 4.92. The number of carbonyl (C=O) groups excluding carboxylic acids is 1. The highest BCUT2D eigenvalue weighted by Gasteiger charge is 2.55. The van der Waals surface area contributed by atoms with Gasteiger partial charge in [-0.25, -0.2) is 9.78 Å². The fourth-order valence-corrected chi connectivity index (χ4v) is 5.48. The third kappa shape index (κ3) is 3.01. The Hall–Kier alpha value is -4.38. The van der Waals surface area contributed by atoms with Crippen LogP contribution in [0.3, 0.4) is 0 Å². The molecule has 3 heterocycles. The highest BCUT2D eigenvalue weighted by atomic mass is 16.6. The highest BCUT2D eigenvalue weighted by Crippen LogP contribution is 2.52. The van der Waals surface area contributed by atoms with E-state index in [9.17, 15) is 4.79 Å². The van der Waals surface area contributed by atoms with Crippen LogP contribution in [-0.2, 0) is 17.0 Å². The van der Waals surface area contributed by atoms with Crippen molar-refractivity contribution in [3.8, 4) is 0 Å². The van der Waals surface area contributed by atoms with Crippen molar-refractivity contribution < 1.29 is 9.53 Å². The lowest BCUT2D eigenvalue weighted by Gasteiger charge is -2.42. The van der Waals surface area contributed by atoms with Crippen LogP contribution < -0.4 is 4.90 Å². The van der Waals surface area contributed by atoms with Crippen molar-refractivity contribution in [3.05, 3.63) is 126 Å². The molecule has 6 rings (SSSR count). The molecule has 1 aliphatic rings. The minimum absolute atomic E-state index is 0.345. The van der Waals surface area contributed by atoms with Crippen LogP contribution in [0.2, 0.25) is 0 Å². The quantitative estimate of drug-likeness (QED) is 0.279. The smallest absolute Gasteiger partial charge is 0.360 e. The maximum Gasteiger partial charge on any atom is 0.360 e. The van der Waals surface area contributed by atoms with Gasteiger partial charge in [0.2, 0.25) is 5.72 Å². The summed E-state index contributed by atoms with van der Waals surface area (Å²) in [5.74, 6) is -0.426. The molecule has 0 spiro atoms. The summed E-state index contributed by atoms with van der Waals surface area (Å²) in [7, 11) is 0. The van der Waals surface area contributed by atoms with Crippen LogP contribution in [0.25, 0.3) is 10.9 Å². The SMILES string of the molecule is CCn1c(C)c(C2(N(c3ccccc3)c3ccccc3)OC(=O)c3ncccc32)c2ccccc21. The summed E-state index contributed by atoms with van der Waals surface area (Å²) in [6.45, 7) is 5.04. The van der Waals surface area contributed by atoms with E-state index < -0.39 is 11.7 Å². The van der Waals surface area contributed by atoms with E-state index in [0.29, 0.717) is 5.69 Å². The normalized spacial score (nSPS) is 16.8. The van der Waals surface area contributed by atoms with Gasteiger partial charge >= 0.3 is 5.97 Å². The number of hydrogen-bond acceptors (Lipinski definition) is 4. The van der Waals surface area contributed by atoms with Crippen LogP contribution in [-0.4, -0.2) is 15.5 Å². The summed E-state index contributed by atoms with van der Waals surface area (Å²) in [5, 5.41) is 1.05. The molecule has 1 atom stereocenters. The van der Waals surface area contributed by atoms with Gasteiger partial charge in [-0.05, 0) is 56.3 Å². The molecule has 0 amide bonds. The monoisotopic (exact) mass is 459 g/mol. The van der Waals surface area contributed by atoms with Crippen LogP contribution in [0.1, 0.15) is 34.2 Å². The number of hydrogen-bond donors (Lipinski definition) is 0. The fraction of sp³-hybridized carbons (Fsp3) is 0.133. The van der Waals surface area contributed by atoms with Gasteiger partial charge in [0.15, 0.2) is 5.69 Å². The predicted molar refractivity (Wildman–Crippen MR) is 138 cm³/mol. The number of nitrogens with zero attached hydrogens (tertiary/aromatic N) is 3. The van der Waals surface area contributed by atoms with Gasteiger partial charge in [0, 0.05) is 40.7 Å². The van der Waals surface area contributed by atoms with Gasteiger partial charge in [-0.2, -0.15) is 0 Å². The number of ether oxygens (including phenoxy) is 1. The number of fused-ring (bicyclic) bond motifs is 2. The molecule has 1 aliphatic heterocycles. The van der Waals surface area contributed by atoms with Gasteiger partial charge in [0.25, 0.3) is 0 Å². The van der Waals surface area contributed by atoms with Crippen molar-refractivity contribution in [3.63, 3.8) is 0 Å². The summed E-state index contributed by atoms with van der Waals surface area (Å²) in [4.78, 5) is 20.0. The van der Waals surface area contributed by atoms with Gasteiger partial charge in [0.05, 0.1) is 11.1 Å². The minimum Gasteiger partial charge on any atom is -0.425 e. The summed E-state index contributed by atoms with van der Waals surface area (Å²) in [6, 6.07) is 32.3. The summed E-state index contributed by atoms with van der Waals surface area (Å²) in [6.07, 6.45) is 1.65. The van der Waals surface area contributed by atoms with Crippen LogP contribution in [0.15, 0.2) is 103 Å². The second kappa shape index (κ2) is 8.13. The van der Waals surface area contributed by atoms with Crippen molar-refractivity contribution in [1.82, 2.24) is 9.55 Å². The van der Waals surface area contributed by atoms with E-state index in [1.54, 1.807) is 6.20 Å². The molecule has 0 bridgehead atoms. The number of aryl methyl sites for hydroxylation is 1. The molecule has 0 saturated carbocycles. The third-order valence-electron chi connectivity index (χ3n) is 6.84. The molecular formula is C30H25N3O2. The Morgan fingerprint density at radius 1 is 0.857 bits per heavy atom. The minimum atomic E-state index is -1.24. The maximum atomic E-state index is 13.4. The first-order valence-corrected chi connectivity index (χ1v) is 11.8. The Balaban J connectivity index is 1.80. The number of benzene rings is 3. The van der Waals surface area contributed by atoms with Crippen molar-refractivity contribution in [2.45, 2.75) is 26.1 Å². The molecule has 0 radical (unpaired) electrons. The largest absolute Gasteiger partial charge is 0.425 e. The molecular weight excluding hydrogens is 434 g/mol. The Morgan fingerprint density at radius 2 is 1.49 bits per heavy atom. The zero-order valence-electron chi connectivity index (χ0n) is 19.7. The van der Waals surface area contributed by atoms with E-state index in [2.05, 4.69) is 40.4 Å². The van der Waals surface area contributed by atoms with E-state index in [1.165, 1.54) is 0 Å². The molecule has 0 fully saturated rings. The van der Waals surface area contributed by atoms with Gasteiger partial charge in [-0.15, -0.1) is 0 Å². The first kappa shape index (κ1) is 21.2. The van der Waals surface area contributed by atoms with Crippen molar-refractivity contribution in [2.24, 2.45) is 0 Å². The maximum absolute atomic E-state index is 13.4. The lowest BCUT2D eigenvalue weighted by molar-refractivity contribution is 0.0134. The molecule has 0 aliphatic carbocycles. The predicted octanol–water partition coefficient (Wildman–Crippen LogP) is 6.57. The number of carbonyl (C=O) groups is 1. The van der Waals surface area contributed by atoms with Crippen LogP contribution >= 0.6 is 0 Å². The topological polar surface area (TPSA) is 47.4 Å². The summed E-state index contributed by atoms with van der Waals surface area (Å²) < 4.78 is 8.81. The number of pyridine rings is 1. The number of rotatable bonds is 5. The second-order valence-corrected chi connectivity index (χ2v) is 8.66. The average molecular weight is 460 g/mol. The number of cyclic esters (lactones) is 1. The molecule has 35 heavy (non-hydrogen) atoms. The van der Waals surface area contributed by atoms with Crippen molar-refractivity contribution in [2.75, 3.05) is 4.90 Å². The molecule has 3 aromatic carbocycles. The number of anilines is 2. The molecule has 2 aromatic heterocycles. The van der Waals surface area contributed by atoms with Gasteiger partial charge in [-0.1, -0.05) is 54.6 Å². The lowest BCUT2D eigenvalue weighted by atomic mass is 9.89. The lowest BCUT2D eigenvalue weighted by Crippen LogP contribution is -2.45. The van der Waals surface area contributed by atoms with Crippen molar-refractivity contribution in [1.29, 1.82) is 0 Å². The molecule has 5 aromatic rings. The highest BCUT2D eigenvalue weighted by molar-refractivity contribution is 5.97. The zero-order chi connectivity index (χ0) is 24.0. The van der Waals surface area contributed by atoms with E-state index in [0.717, 1.165) is 45.6 Å². The van der Waals surface area contributed by atoms with Crippen molar-refractivity contribution >= 4 is 28.2 Å². The molecule has 0 saturated heterocycles. The number of esters is 1. The second-order valence-electron chi connectivity index (χ2n) is 8.66. The van der Waals surface area contributed by atoms with E-state index in [-0.39, 0.29) is 0 Å². The first-order chi connectivity index (χ1) is 17.2. The van der Waals surface area contributed by atoms with Crippen LogP contribution in [0, 0.1) is 6.92 Å². The van der Waals surface area contributed by atoms with Gasteiger partial charge in [-0.3, -0.25) is 4.90 Å². The Morgan fingerprint density at radius 3 is 2.14 bits per heavy atom. The van der Waals surface area contributed by atoms with E-state index >= 15 is 0 Å². The van der Waals surface area contributed by atoms with Crippen LogP contribution in [0.5, 0.6) is 0 Å². The number of aromatic nitrogens is 2. The van der Waals surface area contributed by atoms with E-state index in [1.807, 2.05) is 84.9 Å². The molecule has 5 heteroatoms. The van der Waals surface area contributed by atoms with Gasteiger partial charge in [0.1, 0.15) is 0 Å². The Bertz CT molecular complexity index is 1500. The Labute approximate surface area is 204 Å². The van der Waals surface area contributed by atoms with E-state index in [4.69, 9.17) is 4.74 Å². The third-order valence-corrected chi connectivity index (χ3v) is 6.84. The standard InChI is InChI=1S/C30H25N3O2/c1-3-32-21(2)27(24-17-10-11-19-26(24)32)30(25-18-12-20-31-28(25)29(34)35-30)33(22-13-6-4-7-14-22)23-15-8-5-9-16-23/h4-20H,3H2,1-2H3. The summed E-state index contributed by atoms with van der Waals surface area (Å²) in [5.41, 5.74) is 4.77. The zero-order valence-corrected chi connectivity index (χ0v) is 19.7. The fourth-order valence-electron chi connectivity index (χ4n) is 5.48. The summed E-state index contributed by atoms with van der Waals surface area (Å²) >= 11 is 0. The van der Waals surface area contributed by atoms with Crippen LogP contribution in [0.4, 0.5) is 11.4 Å². The number of para-hydroxylation sites is 3. The molecule has 5 nitrogen and oxygen atoms in total. The molecule has 0 N–H and O–H groups in total. The molecule has 172 valence electrons. The molecule has 1 unspecified atom stereocenters. The van der Waals surface area contributed by atoms with Gasteiger partial charge < -0.3 is 9.30 Å².